The molecule has 1 aromatic heterocycles. The molecule has 1 N–H and O–H groups in total. The van der Waals surface area contributed by atoms with Crippen molar-refractivity contribution in [3.63, 3.8) is 0 Å². The second kappa shape index (κ2) is 6.52. The zero-order chi connectivity index (χ0) is 14.5. The third-order valence-corrected chi connectivity index (χ3v) is 3.41. The predicted octanol–water partition coefficient (Wildman–Crippen LogP) is 3.17. The fraction of sp³-hybridized carbons (Fsp3) is 0.333. The molecule has 0 aliphatic heterocycles. The molecule has 0 atom stereocenters. The lowest BCUT2D eigenvalue weighted by molar-refractivity contribution is 0.0950. The number of rotatable bonds is 5. The molecule has 1 aromatic carbocycles. The van der Waals surface area contributed by atoms with Crippen molar-refractivity contribution in [3.05, 3.63) is 45.9 Å². The standard InChI is InChI=1S/C15H18N2O2S/c1-10(2)19-14-6-4-12(5-7-14)15(18)16-8-13-9-20-11(3)17-13/h4-7,9-10H,8H2,1-3H3,(H,16,18). The molecule has 0 aliphatic carbocycles. The number of ether oxygens (including phenoxy) is 1. The first-order valence-electron chi connectivity index (χ1n) is 6.50. The minimum atomic E-state index is -0.105. The Kier molecular flexibility index (Phi) is 4.74. The first-order valence-corrected chi connectivity index (χ1v) is 7.38. The molecular weight excluding hydrogens is 272 g/mol. The molecule has 0 saturated carbocycles. The van der Waals surface area contributed by atoms with Crippen LogP contribution in [0.4, 0.5) is 0 Å². The summed E-state index contributed by atoms with van der Waals surface area (Å²) in [5.41, 5.74) is 1.51. The van der Waals surface area contributed by atoms with Gasteiger partial charge in [-0.05, 0) is 45.0 Å². The van der Waals surface area contributed by atoms with Crippen LogP contribution in [0.25, 0.3) is 0 Å². The first-order chi connectivity index (χ1) is 9.54. The number of carbonyl (C=O) groups is 1. The summed E-state index contributed by atoms with van der Waals surface area (Å²) in [4.78, 5) is 16.3. The summed E-state index contributed by atoms with van der Waals surface area (Å²) >= 11 is 1.58. The van der Waals surface area contributed by atoms with Crippen molar-refractivity contribution in [1.82, 2.24) is 10.3 Å². The maximum Gasteiger partial charge on any atom is 0.251 e. The Balaban J connectivity index is 1.92. The molecule has 0 unspecified atom stereocenters. The van der Waals surface area contributed by atoms with Gasteiger partial charge in [-0.3, -0.25) is 4.79 Å². The SMILES string of the molecule is Cc1nc(CNC(=O)c2ccc(OC(C)C)cc2)cs1. The molecule has 0 radical (unpaired) electrons. The minimum Gasteiger partial charge on any atom is -0.491 e. The van der Waals surface area contributed by atoms with E-state index in [1.165, 1.54) is 0 Å². The Morgan fingerprint density at radius 3 is 2.60 bits per heavy atom. The number of aryl methyl sites for hydroxylation is 1. The van der Waals surface area contributed by atoms with Gasteiger partial charge in [0.1, 0.15) is 5.75 Å². The van der Waals surface area contributed by atoms with Gasteiger partial charge in [-0.15, -0.1) is 11.3 Å². The number of nitrogens with zero attached hydrogens (tertiary/aromatic N) is 1. The van der Waals surface area contributed by atoms with Crippen molar-refractivity contribution >= 4 is 17.2 Å². The highest BCUT2D eigenvalue weighted by Gasteiger charge is 2.07. The molecule has 0 spiro atoms. The van der Waals surface area contributed by atoms with E-state index in [4.69, 9.17) is 4.74 Å². The summed E-state index contributed by atoms with van der Waals surface area (Å²) in [6.45, 7) is 6.34. The van der Waals surface area contributed by atoms with Crippen LogP contribution in [-0.2, 0) is 6.54 Å². The van der Waals surface area contributed by atoms with Crippen LogP contribution in [0.15, 0.2) is 29.6 Å². The predicted molar refractivity (Wildman–Crippen MR) is 80.2 cm³/mol. The molecule has 0 fully saturated rings. The number of hydrogen-bond acceptors (Lipinski definition) is 4. The molecule has 0 saturated heterocycles. The molecule has 106 valence electrons. The number of hydrogen-bond donors (Lipinski definition) is 1. The number of benzene rings is 1. The van der Waals surface area contributed by atoms with Gasteiger partial charge < -0.3 is 10.1 Å². The largest absolute Gasteiger partial charge is 0.491 e. The molecule has 20 heavy (non-hydrogen) atoms. The minimum absolute atomic E-state index is 0.105. The van der Waals surface area contributed by atoms with Gasteiger partial charge in [-0.25, -0.2) is 4.98 Å². The van der Waals surface area contributed by atoms with Gasteiger partial charge in [0.15, 0.2) is 0 Å². The molecule has 5 heteroatoms. The van der Waals surface area contributed by atoms with Gasteiger partial charge in [0.2, 0.25) is 0 Å². The van der Waals surface area contributed by atoms with Crippen molar-refractivity contribution in [1.29, 1.82) is 0 Å². The van der Waals surface area contributed by atoms with Crippen LogP contribution in [0.1, 0.15) is 34.9 Å². The fourth-order valence-corrected chi connectivity index (χ4v) is 2.33. The van der Waals surface area contributed by atoms with Crippen molar-refractivity contribution in [2.45, 2.75) is 33.4 Å². The number of carbonyl (C=O) groups excluding carboxylic acids is 1. The summed E-state index contributed by atoms with van der Waals surface area (Å²) in [5.74, 6) is 0.665. The van der Waals surface area contributed by atoms with Crippen LogP contribution < -0.4 is 10.1 Å². The monoisotopic (exact) mass is 290 g/mol. The number of amides is 1. The summed E-state index contributed by atoms with van der Waals surface area (Å²) in [7, 11) is 0. The van der Waals surface area contributed by atoms with E-state index in [0.717, 1.165) is 16.5 Å². The van der Waals surface area contributed by atoms with Gasteiger partial charge >= 0.3 is 0 Å². The molecule has 0 aliphatic rings. The van der Waals surface area contributed by atoms with Crippen LogP contribution in [0.5, 0.6) is 5.75 Å². The van der Waals surface area contributed by atoms with E-state index < -0.39 is 0 Å². The summed E-state index contributed by atoms with van der Waals surface area (Å²) in [5, 5.41) is 5.81. The van der Waals surface area contributed by atoms with E-state index in [9.17, 15) is 4.79 Å². The molecule has 1 amide bonds. The number of nitrogens with one attached hydrogen (secondary N) is 1. The van der Waals surface area contributed by atoms with Crippen molar-refractivity contribution in [3.8, 4) is 5.75 Å². The van der Waals surface area contributed by atoms with Gasteiger partial charge in [0.05, 0.1) is 23.4 Å². The average Bonchev–Trinajstić information content (AvgIpc) is 2.82. The Hall–Kier alpha value is -1.88. The highest BCUT2D eigenvalue weighted by Crippen LogP contribution is 2.14. The summed E-state index contributed by atoms with van der Waals surface area (Å²) < 4.78 is 5.54. The lowest BCUT2D eigenvalue weighted by Gasteiger charge is -2.10. The fourth-order valence-electron chi connectivity index (χ4n) is 1.72. The molecular formula is C15H18N2O2S. The van der Waals surface area contributed by atoms with E-state index >= 15 is 0 Å². The smallest absolute Gasteiger partial charge is 0.251 e. The normalized spacial score (nSPS) is 10.6. The van der Waals surface area contributed by atoms with Gasteiger partial charge in [0, 0.05) is 10.9 Å². The lowest BCUT2D eigenvalue weighted by atomic mass is 10.2. The molecule has 2 aromatic rings. The lowest BCUT2D eigenvalue weighted by Crippen LogP contribution is -2.22. The third kappa shape index (κ3) is 4.06. The van der Waals surface area contributed by atoms with Crippen molar-refractivity contribution < 1.29 is 9.53 Å². The van der Waals surface area contributed by atoms with Gasteiger partial charge in [0.25, 0.3) is 5.91 Å². The average molecular weight is 290 g/mol. The first kappa shape index (κ1) is 14.5. The van der Waals surface area contributed by atoms with E-state index in [1.54, 1.807) is 23.5 Å². The topological polar surface area (TPSA) is 51.2 Å². The van der Waals surface area contributed by atoms with E-state index in [2.05, 4.69) is 10.3 Å². The molecule has 1 heterocycles. The highest BCUT2D eigenvalue weighted by atomic mass is 32.1. The van der Waals surface area contributed by atoms with Crippen LogP contribution in [0.3, 0.4) is 0 Å². The molecule has 0 bridgehead atoms. The Bertz CT molecular complexity index is 576. The van der Waals surface area contributed by atoms with E-state index in [1.807, 2.05) is 38.3 Å². The van der Waals surface area contributed by atoms with Gasteiger partial charge in [-0.1, -0.05) is 0 Å². The zero-order valence-corrected chi connectivity index (χ0v) is 12.7. The summed E-state index contributed by atoms with van der Waals surface area (Å²) in [6.07, 6.45) is 0.127. The van der Waals surface area contributed by atoms with Crippen LogP contribution in [0, 0.1) is 6.92 Å². The van der Waals surface area contributed by atoms with Crippen LogP contribution in [0.2, 0.25) is 0 Å². The molecule has 4 nitrogen and oxygen atoms in total. The van der Waals surface area contributed by atoms with E-state index in [-0.39, 0.29) is 12.0 Å². The van der Waals surface area contributed by atoms with Gasteiger partial charge in [-0.2, -0.15) is 0 Å². The summed E-state index contributed by atoms with van der Waals surface area (Å²) in [6, 6.07) is 7.14. The maximum atomic E-state index is 12.0. The zero-order valence-electron chi connectivity index (χ0n) is 11.8. The molecule has 2 rings (SSSR count). The van der Waals surface area contributed by atoms with E-state index in [0.29, 0.717) is 12.1 Å². The quantitative estimate of drug-likeness (QED) is 0.920. The Morgan fingerprint density at radius 1 is 1.35 bits per heavy atom. The van der Waals surface area contributed by atoms with Crippen molar-refractivity contribution in [2.24, 2.45) is 0 Å². The maximum absolute atomic E-state index is 12.0. The Labute approximate surface area is 122 Å². The van der Waals surface area contributed by atoms with Crippen molar-refractivity contribution in [2.75, 3.05) is 0 Å². The number of aromatic nitrogens is 1. The second-order valence-electron chi connectivity index (χ2n) is 4.73. The highest BCUT2D eigenvalue weighted by molar-refractivity contribution is 7.09. The van der Waals surface area contributed by atoms with Crippen LogP contribution in [-0.4, -0.2) is 17.0 Å². The second-order valence-corrected chi connectivity index (χ2v) is 5.79. The number of thiazole rings is 1. The van der Waals surface area contributed by atoms with Crippen LogP contribution >= 0.6 is 11.3 Å². The third-order valence-electron chi connectivity index (χ3n) is 2.58. The Morgan fingerprint density at radius 2 is 2.05 bits per heavy atom.